The molecule has 1 atom stereocenters. The van der Waals surface area contributed by atoms with E-state index in [1.54, 1.807) is 29.2 Å². The van der Waals surface area contributed by atoms with E-state index in [1.165, 1.54) is 26.4 Å². The van der Waals surface area contributed by atoms with E-state index in [0.29, 0.717) is 40.6 Å². The molecular weight excluding hydrogens is 816 g/mol. The van der Waals surface area contributed by atoms with Crippen LogP contribution in [0.15, 0.2) is 42.6 Å². The number of alkyl halides is 2. The van der Waals surface area contributed by atoms with Crippen LogP contribution in [0.3, 0.4) is 0 Å². The number of amides is 4. The second-order valence-electron chi connectivity index (χ2n) is 18.6. The van der Waals surface area contributed by atoms with Crippen LogP contribution in [0.1, 0.15) is 98.9 Å². The van der Waals surface area contributed by atoms with E-state index in [2.05, 4.69) is 35.7 Å². The minimum atomic E-state index is -3.57. The van der Waals surface area contributed by atoms with Crippen LogP contribution in [0.25, 0.3) is 0 Å². The van der Waals surface area contributed by atoms with Crippen LogP contribution < -0.4 is 35.4 Å². The van der Waals surface area contributed by atoms with E-state index in [0.717, 1.165) is 102 Å². The Bertz CT molecular complexity index is 2250. The number of carbonyl (C=O) groups excluding carboxylic acids is 4. The number of methoxy groups -OCH3 is 1. The number of anilines is 5. The van der Waals surface area contributed by atoms with Crippen molar-refractivity contribution in [2.45, 2.75) is 101 Å². The lowest BCUT2D eigenvalue weighted by Gasteiger charge is -2.52. The third kappa shape index (κ3) is 8.77. The minimum Gasteiger partial charge on any atom is -0.495 e. The highest BCUT2D eigenvalue weighted by Gasteiger charge is 2.49. The molecule has 1 spiro atoms. The van der Waals surface area contributed by atoms with E-state index >= 15 is 13.2 Å². The molecule has 2 aromatic carbocycles. The van der Waals surface area contributed by atoms with Gasteiger partial charge in [-0.2, -0.15) is 13.8 Å². The molecule has 5 fully saturated rings. The summed E-state index contributed by atoms with van der Waals surface area (Å²) in [4.78, 5) is 66.2. The molecule has 4 aliphatic heterocycles. The maximum atomic E-state index is 15.3. The number of halogens is 3. The molecule has 9 rings (SSSR count). The molecule has 3 saturated heterocycles. The van der Waals surface area contributed by atoms with Crippen molar-refractivity contribution in [1.82, 2.24) is 25.5 Å². The van der Waals surface area contributed by atoms with Gasteiger partial charge in [0, 0.05) is 50.7 Å². The van der Waals surface area contributed by atoms with Crippen molar-refractivity contribution in [2.75, 3.05) is 73.4 Å². The van der Waals surface area contributed by atoms with Crippen LogP contribution in [-0.2, 0) is 14.4 Å². The van der Waals surface area contributed by atoms with Crippen LogP contribution in [-0.4, -0.2) is 110 Å². The molecule has 0 radical (unpaired) electrons. The first-order valence-electron chi connectivity index (χ1n) is 22.4. The fourth-order valence-corrected chi connectivity index (χ4v) is 10.9. The Morgan fingerprint density at radius 2 is 1.70 bits per heavy atom. The zero-order valence-corrected chi connectivity index (χ0v) is 35.9. The quantitative estimate of drug-likeness (QED) is 0.202. The molecule has 2 saturated carbocycles. The standard InChI is InChI=1S/C46H56F3N9O5/c1-55-37-25-50-44(54-40(37)58(32-5-3-4-6-32)27-46(48,49)43(55)62)52-35-10-7-30(22-38(35)63-2)41(60)51-31-23-45(24-31)15-19-56(20-16-45)26-28-13-17-57(18-14-28)36-11-8-29(21-34(36)47)33-9-12-39(59)53-42(33)61/h7-8,10-11,21-22,25,28,31-33H,3-6,9,12-20,23-24,26-27H2,1-2H3,(H,51,60)(H,50,52,54)(H,53,59,61). The van der Waals surface area contributed by atoms with E-state index in [-0.39, 0.29) is 64.9 Å². The van der Waals surface area contributed by atoms with Crippen molar-refractivity contribution in [3.8, 4) is 5.75 Å². The third-order valence-electron chi connectivity index (χ3n) is 14.5. The number of hydrogen-bond donors (Lipinski definition) is 3. The number of carbonyl (C=O) groups is 4. The normalized spacial score (nSPS) is 23.3. The molecule has 63 heavy (non-hydrogen) atoms. The summed E-state index contributed by atoms with van der Waals surface area (Å²) in [5, 5.41) is 8.71. The predicted octanol–water partition coefficient (Wildman–Crippen LogP) is 6.14. The first kappa shape index (κ1) is 42.8. The number of piperidine rings is 3. The summed E-state index contributed by atoms with van der Waals surface area (Å²) < 4.78 is 51.1. The van der Waals surface area contributed by atoms with Gasteiger partial charge in [0.1, 0.15) is 17.3 Å². The molecule has 1 aromatic heterocycles. The highest BCUT2D eigenvalue weighted by Crippen LogP contribution is 2.49. The van der Waals surface area contributed by atoms with Crippen LogP contribution in [0.2, 0.25) is 0 Å². The molecule has 3 N–H and O–H groups in total. The Balaban J connectivity index is 0.740. The Hall–Kier alpha value is -5.45. The van der Waals surface area contributed by atoms with Crippen molar-refractivity contribution >= 4 is 52.5 Å². The second kappa shape index (κ2) is 17.3. The number of likely N-dealkylation sites (tertiary alicyclic amines) is 1. The second-order valence-corrected chi connectivity index (χ2v) is 18.6. The van der Waals surface area contributed by atoms with Gasteiger partial charge < -0.3 is 35.0 Å². The lowest BCUT2D eigenvalue weighted by molar-refractivity contribution is -0.140. The van der Waals surface area contributed by atoms with Crippen molar-refractivity contribution in [2.24, 2.45) is 11.3 Å². The largest absolute Gasteiger partial charge is 0.495 e. The van der Waals surface area contributed by atoms with Crippen molar-refractivity contribution in [3.63, 3.8) is 0 Å². The van der Waals surface area contributed by atoms with Gasteiger partial charge in [-0.25, -0.2) is 9.37 Å². The van der Waals surface area contributed by atoms with Crippen LogP contribution in [0.4, 0.5) is 42.0 Å². The molecule has 3 aromatic rings. The van der Waals surface area contributed by atoms with Gasteiger partial charge in [-0.1, -0.05) is 18.9 Å². The number of aromatic nitrogens is 2. The van der Waals surface area contributed by atoms with Gasteiger partial charge in [0.05, 0.1) is 37.1 Å². The van der Waals surface area contributed by atoms with E-state index < -0.39 is 24.3 Å². The molecule has 17 heteroatoms. The average molecular weight is 872 g/mol. The highest BCUT2D eigenvalue weighted by molar-refractivity contribution is 6.02. The molecule has 0 bridgehead atoms. The molecule has 336 valence electrons. The number of nitrogens with zero attached hydrogens (tertiary/aromatic N) is 6. The summed E-state index contributed by atoms with van der Waals surface area (Å²) in [6, 6.07) is 10.1. The summed E-state index contributed by atoms with van der Waals surface area (Å²) >= 11 is 0. The SMILES string of the molecule is COc1cc(C(=O)NC2CC3(CCN(CC4CCN(c5ccc(C6CCC(=O)NC6=O)cc5F)CC4)CC3)C2)ccc1Nc1ncc2c(n1)N(C1CCCC1)CC(F)(F)C(=O)N2C. The van der Waals surface area contributed by atoms with Gasteiger partial charge >= 0.3 is 5.92 Å². The number of ether oxygens (including phenoxy) is 1. The van der Waals surface area contributed by atoms with E-state index in [4.69, 9.17) is 4.74 Å². The third-order valence-corrected chi connectivity index (χ3v) is 14.5. The van der Waals surface area contributed by atoms with Crippen molar-refractivity contribution in [3.05, 3.63) is 59.5 Å². The zero-order chi connectivity index (χ0) is 44.0. The molecule has 2 aliphatic carbocycles. The Morgan fingerprint density at radius 3 is 2.40 bits per heavy atom. The van der Waals surface area contributed by atoms with Gasteiger partial charge in [-0.3, -0.25) is 24.5 Å². The van der Waals surface area contributed by atoms with Crippen LogP contribution in [0, 0.1) is 17.2 Å². The zero-order valence-electron chi connectivity index (χ0n) is 35.9. The summed E-state index contributed by atoms with van der Waals surface area (Å²) in [5.41, 5.74) is 2.58. The number of imide groups is 1. The fraction of sp³-hybridized carbons (Fsp3) is 0.565. The Morgan fingerprint density at radius 1 is 0.952 bits per heavy atom. The highest BCUT2D eigenvalue weighted by atomic mass is 19.3. The molecule has 14 nitrogen and oxygen atoms in total. The van der Waals surface area contributed by atoms with Crippen LogP contribution in [0.5, 0.6) is 5.75 Å². The number of hydrogen-bond acceptors (Lipinski definition) is 11. The topological polar surface area (TPSA) is 152 Å². The molecule has 5 heterocycles. The lowest BCUT2D eigenvalue weighted by Crippen LogP contribution is -2.55. The van der Waals surface area contributed by atoms with Gasteiger partial charge in [0.2, 0.25) is 17.8 Å². The number of nitrogens with one attached hydrogen (secondary N) is 3. The van der Waals surface area contributed by atoms with Gasteiger partial charge in [0.25, 0.3) is 11.8 Å². The summed E-state index contributed by atoms with van der Waals surface area (Å²) in [7, 11) is 2.82. The summed E-state index contributed by atoms with van der Waals surface area (Å²) in [5.74, 6) is -5.16. The fourth-order valence-electron chi connectivity index (χ4n) is 10.9. The lowest BCUT2D eigenvalue weighted by atomic mass is 9.60. The molecule has 6 aliphatic rings. The smallest absolute Gasteiger partial charge is 0.342 e. The van der Waals surface area contributed by atoms with Crippen LogP contribution >= 0.6 is 0 Å². The molecular formula is C46H56F3N9O5. The predicted molar refractivity (Wildman–Crippen MR) is 231 cm³/mol. The first-order chi connectivity index (χ1) is 30.3. The summed E-state index contributed by atoms with van der Waals surface area (Å²) in [6.45, 7) is 3.88. The van der Waals surface area contributed by atoms with Gasteiger partial charge in [-0.05, 0) is 118 Å². The maximum absolute atomic E-state index is 15.3. The number of fused-ring (bicyclic) bond motifs is 1. The minimum absolute atomic E-state index is 0.0869. The monoisotopic (exact) mass is 871 g/mol. The van der Waals surface area contributed by atoms with E-state index in [1.807, 2.05) is 6.07 Å². The maximum Gasteiger partial charge on any atom is 0.342 e. The molecule has 4 amide bonds. The summed E-state index contributed by atoms with van der Waals surface area (Å²) in [6.07, 6.45) is 11.4. The molecule has 1 unspecified atom stereocenters. The number of rotatable bonds is 10. The van der Waals surface area contributed by atoms with E-state index in [9.17, 15) is 19.2 Å². The average Bonchev–Trinajstić information content (AvgIpc) is 3.79. The first-order valence-corrected chi connectivity index (χ1v) is 22.4. The number of benzene rings is 2. The van der Waals surface area contributed by atoms with Gasteiger partial charge in [0.15, 0.2) is 5.82 Å². The van der Waals surface area contributed by atoms with Crippen molar-refractivity contribution < 1.29 is 37.1 Å². The Labute approximate surface area is 365 Å². The van der Waals surface area contributed by atoms with Gasteiger partial charge in [-0.15, -0.1) is 0 Å². The Kier molecular flexibility index (Phi) is 11.7. The van der Waals surface area contributed by atoms with Crippen molar-refractivity contribution in [1.29, 1.82) is 0 Å².